The van der Waals surface area contributed by atoms with Gasteiger partial charge in [-0.05, 0) is 31.4 Å². The number of hydrogen-bond acceptors (Lipinski definition) is 3. The summed E-state index contributed by atoms with van der Waals surface area (Å²) in [5, 5.41) is 8.71. The highest BCUT2D eigenvalue weighted by Gasteiger charge is 2.36. The van der Waals surface area contributed by atoms with Crippen LogP contribution in [0.25, 0.3) is 0 Å². The predicted molar refractivity (Wildman–Crippen MR) is 74.3 cm³/mol. The van der Waals surface area contributed by atoms with E-state index in [9.17, 15) is 13.7 Å². The number of sulfone groups is 1. The largest absolute Gasteiger partial charge is 0.223 e. The molecule has 0 N–H and O–H groups in total. The van der Waals surface area contributed by atoms with Crippen molar-refractivity contribution in [1.82, 2.24) is 0 Å². The van der Waals surface area contributed by atoms with Gasteiger partial charge >= 0.3 is 0 Å². The van der Waals surface area contributed by atoms with E-state index in [1.165, 1.54) is 0 Å². The second kappa shape index (κ2) is 5.75. The van der Waals surface area contributed by atoms with Crippen LogP contribution in [-0.4, -0.2) is 13.7 Å². The quantitative estimate of drug-likeness (QED) is 0.780. The van der Waals surface area contributed by atoms with E-state index >= 15 is 0 Å². The molecule has 1 aliphatic carbocycles. The SMILES string of the molecule is Cc1ccccc1S(=O)(=O)C1CCCCCC1C#N. The molecule has 0 aliphatic heterocycles. The van der Waals surface area contributed by atoms with Crippen LogP contribution in [0.1, 0.15) is 37.7 Å². The van der Waals surface area contributed by atoms with Gasteiger partial charge in [0.1, 0.15) is 0 Å². The standard InChI is InChI=1S/C15H19NO2S/c1-12-7-5-6-9-14(12)19(17,18)15-10-4-2-3-8-13(15)11-16/h5-7,9,13,15H,2-4,8,10H2,1H3. The molecule has 1 aromatic carbocycles. The summed E-state index contributed by atoms with van der Waals surface area (Å²) in [5.74, 6) is -0.368. The lowest BCUT2D eigenvalue weighted by atomic mass is 10.0. The summed E-state index contributed by atoms with van der Waals surface area (Å²) in [6, 6.07) is 9.26. The van der Waals surface area contributed by atoms with Crippen LogP contribution >= 0.6 is 0 Å². The van der Waals surface area contributed by atoms with Crippen LogP contribution in [-0.2, 0) is 9.84 Å². The van der Waals surface area contributed by atoms with Crippen molar-refractivity contribution in [2.24, 2.45) is 5.92 Å². The highest BCUT2D eigenvalue weighted by Crippen LogP contribution is 2.32. The predicted octanol–water partition coefficient (Wildman–Crippen LogP) is 3.24. The minimum atomic E-state index is -3.40. The number of rotatable bonds is 2. The van der Waals surface area contributed by atoms with Crippen LogP contribution in [0.4, 0.5) is 0 Å². The summed E-state index contributed by atoms with van der Waals surface area (Å²) >= 11 is 0. The molecule has 1 saturated carbocycles. The summed E-state index contributed by atoms with van der Waals surface area (Å²) in [5.41, 5.74) is 0.767. The van der Waals surface area contributed by atoms with E-state index in [0.717, 1.165) is 24.8 Å². The maximum absolute atomic E-state index is 12.8. The molecule has 0 heterocycles. The Labute approximate surface area is 115 Å². The van der Waals surface area contributed by atoms with E-state index in [0.29, 0.717) is 17.7 Å². The van der Waals surface area contributed by atoms with Crippen LogP contribution < -0.4 is 0 Å². The topological polar surface area (TPSA) is 57.9 Å². The van der Waals surface area contributed by atoms with Crippen molar-refractivity contribution < 1.29 is 8.42 Å². The van der Waals surface area contributed by atoms with Crippen LogP contribution in [0.15, 0.2) is 29.2 Å². The number of benzene rings is 1. The molecule has 0 aromatic heterocycles. The number of nitrogens with zero attached hydrogens (tertiary/aromatic N) is 1. The molecule has 0 spiro atoms. The molecular weight excluding hydrogens is 258 g/mol. The Balaban J connectivity index is 2.43. The Hall–Kier alpha value is -1.34. The second-order valence-corrected chi connectivity index (χ2v) is 7.36. The minimum absolute atomic E-state index is 0.368. The Morgan fingerprint density at radius 3 is 2.53 bits per heavy atom. The molecule has 4 heteroatoms. The highest BCUT2D eigenvalue weighted by atomic mass is 32.2. The van der Waals surface area contributed by atoms with Gasteiger partial charge in [0.15, 0.2) is 9.84 Å². The first-order chi connectivity index (χ1) is 9.07. The van der Waals surface area contributed by atoms with E-state index in [1.54, 1.807) is 12.1 Å². The smallest absolute Gasteiger partial charge is 0.182 e. The normalized spacial score (nSPS) is 24.4. The lowest BCUT2D eigenvalue weighted by Crippen LogP contribution is -2.29. The van der Waals surface area contributed by atoms with Gasteiger partial charge in [-0.1, -0.05) is 37.5 Å². The third-order valence-electron chi connectivity index (χ3n) is 3.92. The number of nitriles is 1. The molecule has 2 rings (SSSR count). The van der Waals surface area contributed by atoms with Gasteiger partial charge in [0.2, 0.25) is 0 Å². The molecular formula is C15H19NO2S. The molecule has 0 bridgehead atoms. The monoisotopic (exact) mass is 277 g/mol. The molecule has 2 atom stereocenters. The molecule has 19 heavy (non-hydrogen) atoms. The average molecular weight is 277 g/mol. The fourth-order valence-electron chi connectivity index (χ4n) is 2.83. The van der Waals surface area contributed by atoms with E-state index in [1.807, 2.05) is 19.1 Å². The lowest BCUT2D eigenvalue weighted by molar-refractivity contribution is 0.523. The summed E-state index contributed by atoms with van der Waals surface area (Å²) in [7, 11) is -3.40. The fourth-order valence-corrected chi connectivity index (χ4v) is 5.05. The van der Waals surface area contributed by atoms with Crippen LogP contribution in [0.2, 0.25) is 0 Å². The van der Waals surface area contributed by atoms with Crippen molar-refractivity contribution >= 4 is 9.84 Å². The van der Waals surface area contributed by atoms with Gasteiger partial charge in [0.25, 0.3) is 0 Å². The maximum atomic E-state index is 12.8. The van der Waals surface area contributed by atoms with Gasteiger partial charge in [-0.2, -0.15) is 5.26 Å². The van der Waals surface area contributed by atoms with Crippen molar-refractivity contribution in [2.75, 3.05) is 0 Å². The third kappa shape index (κ3) is 2.82. The molecule has 0 saturated heterocycles. The van der Waals surface area contributed by atoms with Crippen molar-refractivity contribution in [1.29, 1.82) is 5.26 Å². The van der Waals surface area contributed by atoms with Crippen molar-refractivity contribution in [3.8, 4) is 6.07 Å². The molecule has 0 radical (unpaired) electrons. The van der Waals surface area contributed by atoms with Crippen molar-refractivity contribution in [3.05, 3.63) is 29.8 Å². The molecule has 1 aliphatic rings. The molecule has 1 aromatic rings. The zero-order valence-electron chi connectivity index (χ0n) is 11.2. The maximum Gasteiger partial charge on any atom is 0.182 e. The Bertz CT molecular complexity index is 586. The number of aryl methyl sites for hydroxylation is 1. The summed E-state index contributed by atoms with van der Waals surface area (Å²) in [4.78, 5) is 0.391. The molecule has 2 unspecified atom stereocenters. The molecule has 0 amide bonds. The van der Waals surface area contributed by atoms with Crippen LogP contribution in [0, 0.1) is 24.2 Å². The van der Waals surface area contributed by atoms with E-state index in [2.05, 4.69) is 6.07 Å². The van der Waals surface area contributed by atoms with Crippen LogP contribution in [0.5, 0.6) is 0 Å². The lowest BCUT2D eigenvalue weighted by Gasteiger charge is -2.20. The van der Waals surface area contributed by atoms with E-state index in [4.69, 9.17) is 0 Å². The Kier molecular flexibility index (Phi) is 4.26. The van der Waals surface area contributed by atoms with Gasteiger partial charge in [0, 0.05) is 0 Å². The van der Waals surface area contributed by atoms with Crippen molar-refractivity contribution in [3.63, 3.8) is 0 Å². The van der Waals surface area contributed by atoms with Gasteiger partial charge in [0.05, 0.1) is 22.1 Å². The first-order valence-electron chi connectivity index (χ1n) is 6.76. The Morgan fingerprint density at radius 1 is 1.16 bits per heavy atom. The fraction of sp³-hybridized carbons (Fsp3) is 0.533. The molecule has 1 fully saturated rings. The summed E-state index contributed by atoms with van der Waals surface area (Å²) in [6.45, 7) is 1.81. The van der Waals surface area contributed by atoms with Crippen molar-refractivity contribution in [2.45, 2.75) is 49.2 Å². The Morgan fingerprint density at radius 2 is 1.84 bits per heavy atom. The number of hydrogen-bond donors (Lipinski definition) is 0. The highest BCUT2D eigenvalue weighted by molar-refractivity contribution is 7.92. The second-order valence-electron chi connectivity index (χ2n) is 5.22. The summed E-state index contributed by atoms with van der Waals surface area (Å²) in [6.07, 6.45) is 4.19. The first-order valence-corrected chi connectivity index (χ1v) is 8.31. The van der Waals surface area contributed by atoms with E-state index < -0.39 is 15.1 Å². The van der Waals surface area contributed by atoms with E-state index in [-0.39, 0.29) is 5.92 Å². The third-order valence-corrected chi connectivity index (χ3v) is 6.35. The zero-order chi connectivity index (χ0) is 13.9. The zero-order valence-corrected chi connectivity index (χ0v) is 12.0. The average Bonchev–Trinajstić information content (AvgIpc) is 2.64. The van der Waals surface area contributed by atoms with Crippen LogP contribution in [0.3, 0.4) is 0 Å². The minimum Gasteiger partial charge on any atom is -0.223 e. The molecule has 102 valence electrons. The van der Waals surface area contributed by atoms with Gasteiger partial charge in [-0.15, -0.1) is 0 Å². The van der Waals surface area contributed by atoms with Gasteiger partial charge in [-0.25, -0.2) is 8.42 Å². The van der Waals surface area contributed by atoms with Gasteiger partial charge in [-0.3, -0.25) is 0 Å². The summed E-state index contributed by atoms with van der Waals surface area (Å²) < 4.78 is 25.6. The first kappa shape index (κ1) is 14.1. The van der Waals surface area contributed by atoms with Gasteiger partial charge < -0.3 is 0 Å². The molecule has 3 nitrogen and oxygen atoms in total.